The molecule has 0 radical (unpaired) electrons. The van der Waals surface area contributed by atoms with Crippen LogP contribution in [0.15, 0.2) is 15.8 Å². The lowest BCUT2D eigenvalue weighted by atomic mass is 10.4. The van der Waals surface area contributed by atoms with E-state index in [1.807, 2.05) is 4.98 Å². The van der Waals surface area contributed by atoms with Gasteiger partial charge in [0.15, 0.2) is 6.23 Å². The number of hydrogen-bond acceptors (Lipinski definition) is 4. The Bertz CT molecular complexity index is 446. The molecule has 1 aromatic rings. The molecule has 0 saturated carbocycles. The van der Waals surface area contributed by atoms with Crippen LogP contribution in [0.5, 0.6) is 0 Å². The first-order valence-corrected chi connectivity index (χ1v) is 4.08. The third kappa shape index (κ3) is 1.47. The van der Waals surface area contributed by atoms with Crippen molar-refractivity contribution in [3.8, 4) is 0 Å². The van der Waals surface area contributed by atoms with Crippen molar-refractivity contribution in [2.75, 3.05) is 6.54 Å². The molecule has 2 rings (SSSR count). The Balaban J connectivity index is 2.47. The van der Waals surface area contributed by atoms with E-state index in [2.05, 4.69) is 5.48 Å². The molecule has 0 aromatic carbocycles. The Morgan fingerprint density at radius 1 is 1.57 bits per heavy atom. The van der Waals surface area contributed by atoms with Crippen LogP contribution in [-0.2, 0) is 4.84 Å². The second-order valence-corrected chi connectivity index (χ2v) is 2.90. The van der Waals surface area contributed by atoms with E-state index in [-0.39, 0.29) is 0 Å². The highest BCUT2D eigenvalue weighted by molar-refractivity contribution is 4.88. The zero-order valence-electron chi connectivity index (χ0n) is 7.12. The molecule has 6 nitrogen and oxygen atoms in total. The van der Waals surface area contributed by atoms with Gasteiger partial charge in [0.2, 0.25) is 5.82 Å². The maximum absolute atomic E-state index is 12.8. The molecule has 14 heavy (non-hydrogen) atoms. The molecule has 2 N–H and O–H groups in total. The van der Waals surface area contributed by atoms with E-state index < -0.39 is 23.3 Å². The van der Waals surface area contributed by atoms with Crippen LogP contribution in [0.1, 0.15) is 12.6 Å². The van der Waals surface area contributed by atoms with Crippen molar-refractivity contribution in [1.29, 1.82) is 0 Å². The highest BCUT2D eigenvalue weighted by Gasteiger charge is 2.19. The molecule has 76 valence electrons. The number of rotatable bonds is 1. The van der Waals surface area contributed by atoms with Crippen LogP contribution < -0.4 is 16.7 Å². The van der Waals surface area contributed by atoms with Crippen LogP contribution in [0.25, 0.3) is 0 Å². The second kappa shape index (κ2) is 3.35. The largest absolute Gasteiger partial charge is 0.330 e. The van der Waals surface area contributed by atoms with Gasteiger partial charge in [-0.25, -0.2) is 4.79 Å². The standard InChI is InChI=1S/C7H8FN3O3/c8-4-3-11(5-1-2-9-14-5)7(13)10-6(4)12/h3,5,9H,1-2H2,(H,10,12,13)/t5-/m0/s1. The number of H-pyrrole nitrogens is 1. The lowest BCUT2D eigenvalue weighted by Gasteiger charge is -2.10. The predicted octanol–water partition coefficient (Wildman–Crippen LogP) is -0.901. The van der Waals surface area contributed by atoms with E-state index in [0.717, 1.165) is 10.8 Å². The summed E-state index contributed by atoms with van der Waals surface area (Å²) in [6.45, 7) is 0.581. The van der Waals surface area contributed by atoms with Crippen molar-refractivity contribution >= 4 is 0 Å². The number of aromatic amines is 1. The first-order chi connectivity index (χ1) is 6.68. The molecule has 1 aliphatic heterocycles. The highest BCUT2D eigenvalue weighted by Crippen LogP contribution is 2.13. The molecule has 0 spiro atoms. The van der Waals surface area contributed by atoms with Gasteiger partial charge in [-0.1, -0.05) is 0 Å². The van der Waals surface area contributed by atoms with Gasteiger partial charge in [0.25, 0.3) is 5.56 Å². The van der Waals surface area contributed by atoms with Gasteiger partial charge in [-0.2, -0.15) is 9.87 Å². The van der Waals surface area contributed by atoms with Crippen LogP contribution in [0.3, 0.4) is 0 Å². The minimum absolute atomic E-state index is 0.547. The summed E-state index contributed by atoms with van der Waals surface area (Å²) in [6, 6.07) is 0. The molecule has 1 aliphatic rings. The van der Waals surface area contributed by atoms with Gasteiger partial charge in [-0.05, 0) is 0 Å². The molecule has 0 amide bonds. The second-order valence-electron chi connectivity index (χ2n) is 2.90. The monoisotopic (exact) mass is 201 g/mol. The Kier molecular flexibility index (Phi) is 2.18. The third-order valence-electron chi connectivity index (χ3n) is 1.95. The Labute approximate surface area is 77.3 Å². The SMILES string of the molecule is O=c1[nH]c(=O)n([C@@H]2CCNO2)cc1F. The van der Waals surface area contributed by atoms with Crippen molar-refractivity contribution < 1.29 is 9.23 Å². The van der Waals surface area contributed by atoms with Crippen LogP contribution >= 0.6 is 0 Å². The molecular weight excluding hydrogens is 193 g/mol. The summed E-state index contributed by atoms with van der Waals surface area (Å²) in [4.78, 5) is 28.7. The summed E-state index contributed by atoms with van der Waals surface area (Å²) in [5.74, 6) is -1.000. The fourth-order valence-electron chi connectivity index (χ4n) is 1.27. The number of hydroxylamine groups is 1. The summed E-state index contributed by atoms with van der Waals surface area (Å²) in [6.07, 6.45) is 0.832. The van der Waals surface area contributed by atoms with Crippen molar-refractivity contribution in [2.24, 2.45) is 0 Å². The van der Waals surface area contributed by atoms with E-state index in [0.29, 0.717) is 13.0 Å². The molecule has 2 heterocycles. The van der Waals surface area contributed by atoms with Crippen molar-refractivity contribution in [3.05, 3.63) is 32.9 Å². The van der Waals surface area contributed by atoms with Crippen molar-refractivity contribution in [1.82, 2.24) is 15.0 Å². The van der Waals surface area contributed by atoms with E-state index in [4.69, 9.17) is 4.84 Å². The molecule has 1 atom stereocenters. The lowest BCUT2D eigenvalue weighted by Crippen LogP contribution is -2.33. The van der Waals surface area contributed by atoms with Crippen molar-refractivity contribution in [3.63, 3.8) is 0 Å². The molecule has 1 saturated heterocycles. The maximum atomic E-state index is 12.8. The molecule has 0 unspecified atom stereocenters. The zero-order valence-corrected chi connectivity index (χ0v) is 7.12. The fraction of sp³-hybridized carbons (Fsp3) is 0.429. The van der Waals surface area contributed by atoms with Crippen LogP contribution in [0.4, 0.5) is 4.39 Å². The highest BCUT2D eigenvalue weighted by atomic mass is 19.1. The van der Waals surface area contributed by atoms with Gasteiger partial charge in [0.1, 0.15) is 0 Å². The van der Waals surface area contributed by atoms with Gasteiger partial charge in [0.05, 0.1) is 6.20 Å². The number of nitrogens with one attached hydrogen (secondary N) is 2. The number of hydrogen-bond donors (Lipinski definition) is 2. The van der Waals surface area contributed by atoms with Gasteiger partial charge in [0, 0.05) is 13.0 Å². The van der Waals surface area contributed by atoms with Gasteiger partial charge < -0.3 is 0 Å². The normalized spacial score (nSPS) is 21.4. The van der Waals surface area contributed by atoms with Crippen LogP contribution in [-0.4, -0.2) is 16.1 Å². The zero-order chi connectivity index (χ0) is 10.1. The van der Waals surface area contributed by atoms with Gasteiger partial charge in [-0.3, -0.25) is 19.2 Å². The average Bonchev–Trinajstić information content (AvgIpc) is 2.64. The fourth-order valence-corrected chi connectivity index (χ4v) is 1.27. The van der Waals surface area contributed by atoms with E-state index in [9.17, 15) is 14.0 Å². The molecule has 0 aliphatic carbocycles. The third-order valence-corrected chi connectivity index (χ3v) is 1.95. The minimum Gasteiger partial charge on any atom is -0.276 e. The van der Waals surface area contributed by atoms with Gasteiger partial charge >= 0.3 is 5.69 Å². The molecule has 1 fully saturated rings. The number of nitrogens with zero attached hydrogens (tertiary/aromatic N) is 1. The smallest absolute Gasteiger partial charge is 0.276 e. The molecule has 0 bridgehead atoms. The number of aromatic nitrogens is 2. The Hall–Kier alpha value is -1.47. The summed E-state index contributed by atoms with van der Waals surface area (Å²) >= 11 is 0. The van der Waals surface area contributed by atoms with Gasteiger partial charge in [-0.15, -0.1) is 0 Å². The average molecular weight is 201 g/mol. The molecular formula is C7H8FN3O3. The van der Waals surface area contributed by atoms with Crippen LogP contribution in [0, 0.1) is 5.82 Å². The molecule has 7 heteroatoms. The topological polar surface area (TPSA) is 76.1 Å². The van der Waals surface area contributed by atoms with E-state index in [1.54, 1.807) is 0 Å². The number of halogens is 1. The van der Waals surface area contributed by atoms with Crippen LogP contribution in [0.2, 0.25) is 0 Å². The summed E-state index contributed by atoms with van der Waals surface area (Å²) in [5, 5.41) is 0. The first kappa shape index (κ1) is 9.10. The minimum atomic E-state index is -1.02. The summed E-state index contributed by atoms with van der Waals surface area (Å²) in [5.41, 5.74) is 0.866. The summed E-state index contributed by atoms with van der Waals surface area (Å²) < 4.78 is 13.8. The lowest BCUT2D eigenvalue weighted by molar-refractivity contribution is -0.0126. The Morgan fingerprint density at radius 2 is 2.36 bits per heavy atom. The predicted molar refractivity (Wildman–Crippen MR) is 44.0 cm³/mol. The van der Waals surface area contributed by atoms with Crippen molar-refractivity contribution in [2.45, 2.75) is 12.6 Å². The molecule has 1 aromatic heterocycles. The Morgan fingerprint density at radius 3 is 3.00 bits per heavy atom. The summed E-state index contributed by atoms with van der Waals surface area (Å²) in [7, 11) is 0. The first-order valence-electron chi connectivity index (χ1n) is 4.08. The van der Waals surface area contributed by atoms with E-state index >= 15 is 0 Å². The quantitative estimate of drug-likeness (QED) is 0.617. The maximum Gasteiger partial charge on any atom is 0.330 e. The van der Waals surface area contributed by atoms with E-state index in [1.165, 1.54) is 0 Å².